The lowest BCUT2D eigenvalue weighted by atomic mass is 10.0. The summed E-state index contributed by atoms with van der Waals surface area (Å²) in [4.78, 5) is 0. The minimum atomic E-state index is -3.39. The first-order valence-electron chi connectivity index (χ1n) is 6.61. The maximum absolute atomic E-state index is 12.1. The number of hydrogen-bond acceptors (Lipinski definition) is 5. The van der Waals surface area contributed by atoms with E-state index in [1.165, 1.54) is 0 Å². The van der Waals surface area contributed by atoms with E-state index in [2.05, 4.69) is 9.88 Å². The first-order chi connectivity index (χ1) is 9.02. The molecule has 0 spiro atoms. The molecule has 7 nitrogen and oxygen atoms in total. The average molecular weight is 291 g/mol. The highest BCUT2D eigenvalue weighted by Crippen LogP contribution is 2.26. The molecule has 1 saturated carbocycles. The van der Waals surface area contributed by atoms with Crippen LogP contribution in [0.2, 0.25) is 0 Å². The van der Waals surface area contributed by atoms with E-state index < -0.39 is 10.0 Å². The Morgan fingerprint density at radius 2 is 2.16 bits per heavy atom. The summed E-state index contributed by atoms with van der Waals surface area (Å²) in [6, 6.07) is -0.276. The number of ether oxygens (including phenoxy) is 1. The molecule has 2 fully saturated rings. The minimum absolute atomic E-state index is 0.00755. The maximum atomic E-state index is 12.1. The number of nitrogens with two attached hydrogens (primary N) is 1. The highest BCUT2D eigenvalue weighted by atomic mass is 32.2. The van der Waals surface area contributed by atoms with Gasteiger partial charge in [-0.3, -0.25) is 0 Å². The lowest BCUT2D eigenvalue weighted by molar-refractivity contribution is 0.127. The summed E-state index contributed by atoms with van der Waals surface area (Å²) in [5.74, 6) is -0.126. The Hall–Kier alpha value is -0.860. The average Bonchev–Trinajstić information content (AvgIpc) is 2.98. The lowest BCUT2D eigenvalue weighted by Gasteiger charge is -2.20. The van der Waals surface area contributed by atoms with Gasteiger partial charge in [-0.1, -0.05) is 11.6 Å². The van der Waals surface area contributed by atoms with Crippen LogP contribution < -0.4 is 10.5 Å². The molecule has 19 heavy (non-hydrogen) atoms. The fourth-order valence-electron chi connectivity index (χ4n) is 2.83. The van der Waals surface area contributed by atoms with Gasteiger partial charge >= 0.3 is 0 Å². The van der Waals surface area contributed by atoms with Crippen molar-refractivity contribution in [1.82, 2.24) is 4.72 Å². The first-order valence-corrected chi connectivity index (χ1v) is 8.26. The molecule has 0 bridgehead atoms. The first kappa shape index (κ1) is 14.5. The Kier molecular flexibility index (Phi) is 4.64. The van der Waals surface area contributed by atoms with Crippen LogP contribution in [0.25, 0.3) is 0 Å². The quantitative estimate of drug-likeness (QED) is 0.285. The molecule has 110 valence electrons. The van der Waals surface area contributed by atoms with Crippen LogP contribution in [0, 0.1) is 5.92 Å². The number of oxime groups is 1. The topological polar surface area (TPSA) is 114 Å². The molecular weight excluding hydrogens is 270 g/mol. The number of hydrogen-bond donors (Lipinski definition) is 3. The van der Waals surface area contributed by atoms with Gasteiger partial charge < -0.3 is 15.7 Å². The highest BCUT2D eigenvalue weighted by molar-refractivity contribution is 7.89. The number of nitrogens with zero attached hydrogens (tertiary/aromatic N) is 1. The van der Waals surface area contributed by atoms with Crippen LogP contribution >= 0.6 is 0 Å². The van der Waals surface area contributed by atoms with Crippen molar-refractivity contribution in [3.63, 3.8) is 0 Å². The van der Waals surface area contributed by atoms with Crippen LogP contribution in [-0.2, 0) is 14.8 Å². The highest BCUT2D eigenvalue weighted by Gasteiger charge is 2.34. The minimum Gasteiger partial charge on any atom is -0.409 e. The van der Waals surface area contributed by atoms with Crippen LogP contribution in [0.4, 0.5) is 0 Å². The van der Waals surface area contributed by atoms with Gasteiger partial charge in [0.15, 0.2) is 0 Å². The standard InChI is InChI=1S/C11H21N3O4S/c12-11(13-15)9-4-1-5-10(9)14-19(16,17)7-8-3-2-6-18-8/h8-10,14-15H,1-7H2,(H2,12,13). The third kappa shape index (κ3) is 3.80. The van der Waals surface area contributed by atoms with E-state index in [0.717, 1.165) is 25.7 Å². The smallest absolute Gasteiger partial charge is 0.214 e. The molecule has 0 aromatic heterocycles. The van der Waals surface area contributed by atoms with Gasteiger partial charge in [0.05, 0.1) is 11.9 Å². The number of sulfonamides is 1. The summed E-state index contributed by atoms with van der Waals surface area (Å²) in [6.07, 6.45) is 3.81. The summed E-state index contributed by atoms with van der Waals surface area (Å²) in [5.41, 5.74) is 5.59. The monoisotopic (exact) mass is 291 g/mol. The van der Waals surface area contributed by atoms with Crippen molar-refractivity contribution in [3.05, 3.63) is 0 Å². The second-order valence-corrected chi connectivity index (χ2v) is 7.00. The van der Waals surface area contributed by atoms with Crippen LogP contribution in [0.15, 0.2) is 5.16 Å². The molecule has 8 heteroatoms. The van der Waals surface area contributed by atoms with E-state index in [4.69, 9.17) is 15.7 Å². The van der Waals surface area contributed by atoms with Gasteiger partial charge in [0.25, 0.3) is 0 Å². The summed E-state index contributed by atoms with van der Waals surface area (Å²) in [7, 11) is -3.39. The van der Waals surface area contributed by atoms with E-state index >= 15 is 0 Å². The van der Waals surface area contributed by atoms with Crippen LogP contribution in [0.3, 0.4) is 0 Å². The van der Waals surface area contributed by atoms with E-state index in [1.54, 1.807) is 0 Å². The molecule has 1 aliphatic carbocycles. The zero-order valence-corrected chi connectivity index (χ0v) is 11.6. The van der Waals surface area contributed by atoms with Crippen molar-refractivity contribution in [2.75, 3.05) is 12.4 Å². The second kappa shape index (κ2) is 6.06. The number of nitrogens with one attached hydrogen (secondary N) is 1. The molecular formula is C11H21N3O4S. The van der Waals surface area contributed by atoms with E-state index in [1.807, 2.05) is 0 Å². The van der Waals surface area contributed by atoms with Gasteiger partial charge in [0.1, 0.15) is 5.84 Å². The molecule has 0 amide bonds. The van der Waals surface area contributed by atoms with Crippen molar-refractivity contribution < 1.29 is 18.4 Å². The Morgan fingerprint density at radius 1 is 1.37 bits per heavy atom. The maximum Gasteiger partial charge on any atom is 0.214 e. The molecule has 1 aliphatic heterocycles. The Labute approximate surface area is 113 Å². The van der Waals surface area contributed by atoms with E-state index in [9.17, 15) is 8.42 Å². The van der Waals surface area contributed by atoms with Crippen LogP contribution in [0.1, 0.15) is 32.1 Å². The summed E-state index contributed by atoms with van der Waals surface area (Å²) in [6.45, 7) is 0.635. The fraction of sp³-hybridized carbons (Fsp3) is 0.909. The normalized spacial score (nSPS) is 32.8. The summed E-state index contributed by atoms with van der Waals surface area (Å²) < 4.78 is 32.1. The lowest BCUT2D eigenvalue weighted by Crippen LogP contribution is -2.44. The van der Waals surface area contributed by atoms with Gasteiger partial charge in [-0.15, -0.1) is 0 Å². The Balaban J connectivity index is 1.95. The molecule has 1 heterocycles. The van der Waals surface area contributed by atoms with Crippen molar-refractivity contribution in [2.24, 2.45) is 16.8 Å². The molecule has 2 rings (SSSR count). The van der Waals surface area contributed by atoms with Crippen LogP contribution in [0.5, 0.6) is 0 Å². The fourth-order valence-corrected chi connectivity index (χ4v) is 4.42. The molecule has 0 aromatic rings. The molecule has 0 aromatic carbocycles. The number of amidine groups is 1. The predicted octanol–water partition coefficient (Wildman–Crippen LogP) is -0.000100. The third-order valence-corrected chi connectivity index (χ3v) is 5.24. The van der Waals surface area contributed by atoms with Gasteiger partial charge in [0.2, 0.25) is 10.0 Å². The van der Waals surface area contributed by atoms with Gasteiger partial charge in [-0.2, -0.15) is 0 Å². The Morgan fingerprint density at radius 3 is 2.79 bits per heavy atom. The number of rotatable bonds is 5. The van der Waals surface area contributed by atoms with Crippen molar-refractivity contribution in [3.8, 4) is 0 Å². The van der Waals surface area contributed by atoms with Gasteiger partial charge in [0, 0.05) is 18.6 Å². The molecule has 1 saturated heterocycles. The van der Waals surface area contributed by atoms with Gasteiger partial charge in [-0.05, 0) is 25.7 Å². The zero-order valence-electron chi connectivity index (χ0n) is 10.8. The van der Waals surface area contributed by atoms with Crippen molar-refractivity contribution >= 4 is 15.9 Å². The summed E-state index contributed by atoms with van der Waals surface area (Å²) >= 11 is 0. The zero-order chi connectivity index (χ0) is 13.9. The molecule has 2 aliphatic rings. The molecule has 3 atom stereocenters. The summed E-state index contributed by atoms with van der Waals surface area (Å²) in [5, 5.41) is 11.7. The second-order valence-electron chi connectivity index (χ2n) is 5.20. The molecule has 4 N–H and O–H groups in total. The van der Waals surface area contributed by atoms with E-state index in [0.29, 0.717) is 13.0 Å². The third-order valence-electron chi connectivity index (χ3n) is 3.77. The van der Waals surface area contributed by atoms with E-state index in [-0.39, 0.29) is 29.7 Å². The Bertz CT molecular complexity index is 431. The van der Waals surface area contributed by atoms with Crippen molar-refractivity contribution in [1.29, 1.82) is 0 Å². The van der Waals surface area contributed by atoms with Gasteiger partial charge in [-0.25, -0.2) is 13.1 Å². The largest absolute Gasteiger partial charge is 0.409 e. The van der Waals surface area contributed by atoms with Crippen molar-refractivity contribution in [2.45, 2.75) is 44.2 Å². The molecule has 0 radical (unpaired) electrons. The van der Waals surface area contributed by atoms with Crippen LogP contribution in [-0.4, -0.2) is 44.0 Å². The molecule has 3 unspecified atom stereocenters. The SMILES string of the molecule is NC(=NO)C1CCCC1NS(=O)(=O)CC1CCCO1. The predicted molar refractivity (Wildman–Crippen MR) is 70.4 cm³/mol.